The summed E-state index contributed by atoms with van der Waals surface area (Å²) in [4.78, 5) is 88.3. The van der Waals surface area contributed by atoms with Gasteiger partial charge in [-0.3, -0.25) is 32.5 Å². The van der Waals surface area contributed by atoms with Gasteiger partial charge in [-0.25, -0.2) is 28.6 Å². The number of aliphatic hydroxyl groups is 2. The fourth-order valence-electron chi connectivity index (χ4n) is 6.65. The molecule has 1 aliphatic rings. The molecule has 24 nitrogen and oxygen atoms in total. The van der Waals surface area contributed by atoms with Gasteiger partial charge < -0.3 is 52.3 Å². The van der Waals surface area contributed by atoms with E-state index in [1.54, 1.807) is 0 Å². The molecule has 374 valence electrons. The summed E-state index contributed by atoms with van der Waals surface area (Å²) in [5.41, 5.74) is 4.29. The molecule has 66 heavy (non-hydrogen) atoms. The van der Waals surface area contributed by atoms with Gasteiger partial charge in [0, 0.05) is 37.1 Å². The number of hydrogen-bond donors (Lipinski definition) is 9. The smallest absolute Gasteiger partial charge is 1.00 e. The minimum absolute atomic E-state index is 0. The molecule has 3 heterocycles. The summed E-state index contributed by atoms with van der Waals surface area (Å²) in [5, 5.41) is 26.6. The normalized spacial score (nSPS) is 20.0. The van der Waals surface area contributed by atoms with Crippen molar-refractivity contribution in [2.75, 3.05) is 37.8 Å². The first-order valence-electron chi connectivity index (χ1n) is 21.6. The topological polar surface area (TPSA) is 364 Å². The van der Waals surface area contributed by atoms with E-state index in [-0.39, 0.29) is 72.6 Å². The largest absolute Gasteiger partial charge is 1.00 e. The van der Waals surface area contributed by atoms with Gasteiger partial charge in [0.25, 0.3) is 0 Å². The van der Waals surface area contributed by atoms with Crippen LogP contribution in [-0.4, -0.2) is 123 Å². The fraction of sp³-hybridized carbons (Fsp3) is 0.784. The van der Waals surface area contributed by atoms with Crippen molar-refractivity contribution in [3.8, 4) is 0 Å². The third-order valence-corrected chi connectivity index (χ3v) is 14.3. The third-order valence-electron chi connectivity index (χ3n) is 10.2. The molecule has 1 fully saturated rings. The van der Waals surface area contributed by atoms with Crippen molar-refractivity contribution in [2.45, 2.75) is 148 Å². The summed E-state index contributed by atoms with van der Waals surface area (Å²) < 4.78 is 62.4. The number of nitrogen functional groups attached to an aromatic ring is 1. The van der Waals surface area contributed by atoms with E-state index < -0.39 is 84.6 Å². The van der Waals surface area contributed by atoms with Gasteiger partial charge in [-0.2, -0.15) is 4.31 Å². The SMILES string of the molecule is CCCCCCCCCCCCCCCC(=O)SCCNC(=O)CCNC(=O)[C@H](O)C(C)(C)COP(=O)(O)OP(=O)(O)OC[C@H]1O[C@@H](n2cnc3c(N)ncnc32)[C@H](O)[C@@H]1OP(=O)(O)O.[H-].[Na+]. The Morgan fingerprint density at radius 2 is 1.48 bits per heavy atom. The van der Waals surface area contributed by atoms with Gasteiger partial charge in [-0.15, -0.1) is 0 Å². The second-order valence-corrected chi connectivity index (χ2v) is 21.7. The molecule has 2 amide bonds. The third kappa shape index (κ3) is 22.1. The molecular weight excluding hydrogens is 962 g/mol. The molecule has 0 aliphatic carbocycles. The molecule has 29 heteroatoms. The molecule has 0 bridgehead atoms. The Kier molecular flexibility index (Phi) is 27.3. The van der Waals surface area contributed by atoms with Crippen LogP contribution in [0.1, 0.15) is 125 Å². The van der Waals surface area contributed by atoms with Crippen LogP contribution in [0.2, 0.25) is 0 Å². The quantitative estimate of drug-likeness (QED) is 0.0276. The molecular formula is C37H67N7NaO17P3S. The predicted molar refractivity (Wildman–Crippen MR) is 239 cm³/mol. The van der Waals surface area contributed by atoms with Crippen LogP contribution in [0.15, 0.2) is 12.7 Å². The molecule has 2 unspecified atom stereocenters. The number of aromatic nitrogens is 4. The average Bonchev–Trinajstić information content (AvgIpc) is 3.79. The van der Waals surface area contributed by atoms with Crippen LogP contribution in [0.4, 0.5) is 5.82 Å². The summed E-state index contributed by atoms with van der Waals surface area (Å²) in [6.45, 7) is 2.81. The monoisotopic (exact) mass is 1030 g/mol. The summed E-state index contributed by atoms with van der Waals surface area (Å²) in [6.07, 6.45) is 9.53. The van der Waals surface area contributed by atoms with Crippen molar-refractivity contribution < 1.29 is 111 Å². The molecule has 2 aromatic rings. The summed E-state index contributed by atoms with van der Waals surface area (Å²) in [7, 11) is -16.4. The maximum Gasteiger partial charge on any atom is 1.00 e. The Morgan fingerprint density at radius 1 is 0.894 bits per heavy atom. The molecule has 0 aromatic carbocycles. The molecule has 1 saturated heterocycles. The van der Waals surface area contributed by atoms with Crippen LogP contribution in [0.5, 0.6) is 0 Å². The number of fused-ring (bicyclic) bond motifs is 1. The minimum Gasteiger partial charge on any atom is -1.00 e. The maximum absolute atomic E-state index is 12.7. The number of thioether (sulfide) groups is 1. The van der Waals surface area contributed by atoms with Gasteiger partial charge in [0.15, 0.2) is 22.8 Å². The Bertz CT molecular complexity index is 1980. The zero-order valence-corrected chi connectivity index (χ0v) is 43.5. The number of ether oxygens (including phenoxy) is 1. The second-order valence-electron chi connectivity index (χ2n) is 16.3. The summed E-state index contributed by atoms with van der Waals surface area (Å²) >= 11 is 1.15. The van der Waals surface area contributed by atoms with Crippen LogP contribution >= 0.6 is 35.2 Å². The number of nitrogens with two attached hydrogens (primary N) is 1. The van der Waals surface area contributed by atoms with E-state index in [1.807, 2.05) is 0 Å². The number of phosphoric ester groups is 3. The van der Waals surface area contributed by atoms with E-state index in [0.717, 1.165) is 48.2 Å². The summed E-state index contributed by atoms with van der Waals surface area (Å²) in [6, 6.07) is 0. The van der Waals surface area contributed by atoms with Gasteiger partial charge in [0.2, 0.25) is 11.8 Å². The van der Waals surface area contributed by atoms with E-state index in [0.29, 0.717) is 12.2 Å². The van der Waals surface area contributed by atoms with Crippen LogP contribution in [0.3, 0.4) is 0 Å². The Hall–Kier alpha value is -1.44. The van der Waals surface area contributed by atoms with Crippen LogP contribution in [0, 0.1) is 5.41 Å². The molecule has 0 saturated carbocycles. The number of imidazole rings is 1. The van der Waals surface area contributed by atoms with Crippen molar-refractivity contribution in [3.63, 3.8) is 0 Å². The van der Waals surface area contributed by atoms with Gasteiger partial charge >= 0.3 is 53.0 Å². The van der Waals surface area contributed by atoms with Crippen molar-refractivity contribution in [2.24, 2.45) is 5.41 Å². The second kappa shape index (κ2) is 29.7. The zero-order chi connectivity index (χ0) is 48.3. The van der Waals surface area contributed by atoms with E-state index >= 15 is 0 Å². The molecule has 10 N–H and O–H groups in total. The first kappa shape index (κ1) is 60.7. The number of aliphatic hydroxyl groups excluding tert-OH is 2. The number of unbranched alkanes of at least 4 members (excludes halogenated alkanes) is 12. The number of rotatable bonds is 33. The first-order valence-corrected chi connectivity index (χ1v) is 27.1. The first-order chi connectivity index (χ1) is 30.6. The zero-order valence-electron chi connectivity index (χ0n) is 39.0. The van der Waals surface area contributed by atoms with Crippen molar-refractivity contribution in [1.29, 1.82) is 0 Å². The van der Waals surface area contributed by atoms with E-state index in [4.69, 9.17) is 19.5 Å². The molecule has 3 rings (SSSR count). The number of nitrogens with zero attached hydrogens (tertiary/aromatic N) is 4. The molecule has 0 radical (unpaired) electrons. The van der Waals surface area contributed by atoms with Gasteiger partial charge in [-0.1, -0.05) is 110 Å². The average molecular weight is 1030 g/mol. The van der Waals surface area contributed by atoms with Crippen LogP contribution in [-0.2, 0) is 50.7 Å². The molecule has 1 aliphatic heterocycles. The van der Waals surface area contributed by atoms with Crippen molar-refractivity contribution in [3.05, 3.63) is 12.7 Å². The van der Waals surface area contributed by atoms with Crippen LogP contribution in [0.25, 0.3) is 11.2 Å². The number of hydrogen-bond acceptors (Lipinski definition) is 18. The fourth-order valence-corrected chi connectivity index (χ4v) is 10.2. The molecule has 2 aromatic heterocycles. The van der Waals surface area contributed by atoms with Gasteiger partial charge in [-0.05, 0) is 6.42 Å². The number of phosphoric acid groups is 3. The van der Waals surface area contributed by atoms with E-state index in [2.05, 4.69) is 41.3 Å². The number of anilines is 1. The summed E-state index contributed by atoms with van der Waals surface area (Å²) in [5.74, 6) is -1.02. The maximum atomic E-state index is 12.7. The van der Waals surface area contributed by atoms with Gasteiger partial charge in [0.1, 0.15) is 36.3 Å². The minimum atomic E-state index is -5.57. The molecule has 0 spiro atoms. The van der Waals surface area contributed by atoms with E-state index in [1.165, 1.54) is 78.1 Å². The number of amides is 2. The Morgan fingerprint density at radius 3 is 2.09 bits per heavy atom. The number of carbonyl (C=O) groups is 3. The van der Waals surface area contributed by atoms with Crippen molar-refractivity contribution in [1.82, 2.24) is 30.2 Å². The predicted octanol–water partition coefficient (Wildman–Crippen LogP) is 1.26. The Balaban J connectivity index is 0.0000112. The number of nitrogens with one attached hydrogen (secondary N) is 2. The van der Waals surface area contributed by atoms with Crippen LogP contribution < -0.4 is 45.9 Å². The van der Waals surface area contributed by atoms with E-state index in [9.17, 15) is 57.9 Å². The molecule has 7 atom stereocenters. The standard InChI is InChI=1S/C37H66N7O17P3S.Na.H/c1-4-5-6-7-8-9-10-11-12-13-14-15-16-17-28(46)65-21-20-39-27(45)18-19-40-35(49)32(48)37(2,3)23-58-64(55,56)61-63(53,54)57-22-26-31(60-62(50,51)52)30(47)36(59-26)44-25-43-29-33(38)41-24-42-34(29)44;;/h24-26,30-32,36,47-48H,4-23H2,1-3H3,(H,39,45)(H,40,49)(H,53,54)(H,55,56)(H2,38,41,42)(H2,50,51,52);;/q;+1;-1/t26-,30-,31-,32+,36-;;/m1../s1. The Labute approximate surface area is 412 Å². The number of carbonyl (C=O) groups excluding carboxylic acids is 3. The van der Waals surface area contributed by atoms with Gasteiger partial charge in [0.05, 0.1) is 19.5 Å². The van der Waals surface area contributed by atoms with Crippen molar-refractivity contribution >= 4 is 69.1 Å².